The number of benzene rings is 2. The maximum atomic E-state index is 13.5. The van der Waals surface area contributed by atoms with Crippen LogP contribution in [0.5, 0.6) is 0 Å². The van der Waals surface area contributed by atoms with E-state index in [9.17, 15) is 9.18 Å². The molecule has 3 rings (SSSR count). The first kappa shape index (κ1) is 13.6. The zero-order valence-electron chi connectivity index (χ0n) is 11.6. The van der Waals surface area contributed by atoms with Gasteiger partial charge in [0.15, 0.2) is 0 Å². The first-order chi connectivity index (χ1) is 10.2. The number of rotatable bonds is 2. The summed E-state index contributed by atoms with van der Waals surface area (Å²) in [7, 11) is 0. The number of hydrogen-bond donors (Lipinski definition) is 0. The van der Waals surface area contributed by atoms with Crippen LogP contribution in [-0.4, -0.2) is 17.5 Å². The van der Waals surface area contributed by atoms with Gasteiger partial charge in [0.2, 0.25) is 0 Å². The highest BCUT2D eigenvalue weighted by atomic mass is 19.1. The smallest absolute Gasteiger partial charge is 0.410 e. The van der Waals surface area contributed by atoms with Gasteiger partial charge in [-0.1, -0.05) is 42.5 Å². The van der Waals surface area contributed by atoms with Gasteiger partial charge >= 0.3 is 6.09 Å². The number of fused-ring (bicyclic) bond motifs is 1. The van der Waals surface area contributed by atoms with Crippen molar-refractivity contribution in [3.8, 4) is 0 Å². The molecule has 0 saturated carbocycles. The summed E-state index contributed by atoms with van der Waals surface area (Å²) < 4.78 is 18.7. The van der Waals surface area contributed by atoms with E-state index in [1.165, 1.54) is 11.6 Å². The molecule has 0 atom stereocenters. The van der Waals surface area contributed by atoms with Crippen LogP contribution in [-0.2, 0) is 24.3 Å². The number of hydrogen-bond acceptors (Lipinski definition) is 2. The van der Waals surface area contributed by atoms with Crippen molar-refractivity contribution in [2.45, 2.75) is 19.6 Å². The Labute approximate surface area is 123 Å². The molecule has 2 aromatic rings. The Hall–Kier alpha value is -2.36. The fourth-order valence-corrected chi connectivity index (χ4v) is 2.50. The predicted molar refractivity (Wildman–Crippen MR) is 77.1 cm³/mol. The van der Waals surface area contributed by atoms with Crippen LogP contribution >= 0.6 is 0 Å². The second kappa shape index (κ2) is 5.95. The molecule has 1 amide bonds. The van der Waals surface area contributed by atoms with Gasteiger partial charge in [0.25, 0.3) is 0 Å². The van der Waals surface area contributed by atoms with Gasteiger partial charge in [0.1, 0.15) is 12.4 Å². The topological polar surface area (TPSA) is 29.5 Å². The third-order valence-corrected chi connectivity index (χ3v) is 3.70. The molecule has 0 spiro atoms. The first-order valence-electron chi connectivity index (χ1n) is 6.96. The molecule has 0 saturated heterocycles. The van der Waals surface area contributed by atoms with Crippen LogP contribution in [0.1, 0.15) is 16.7 Å². The number of halogens is 1. The van der Waals surface area contributed by atoms with Crippen LogP contribution in [0.15, 0.2) is 48.5 Å². The Balaban J connectivity index is 1.61. The highest BCUT2D eigenvalue weighted by Crippen LogP contribution is 2.19. The largest absolute Gasteiger partial charge is 0.444 e. The van der Waals surface area contributed by atoms with E-state index in [1.54, 1.807) is 23.1 Å². The summed E-state index contributed by atoms with van der Waals surface area (Å²) >= 11 is 0. The van der Waals surface area contributed by atoms with Gasteiger partial charge in [0.05, 0.1) is 0 Å². The summed E-state index contributed by atoms with van der Waals surface area (Å²) in [6.45, 7) is 1.14. The quantitative estimate of drug-likeness (QED) is 0.845. The Morgan fingerprint density at radius 1 is 1.10 bits per heavy atom. The lowest BCUT2D eigenvalue weighted by atomic mass is 10.0. The van der Waals surface area contributed by atoms with Crippen molar-refractivity contribution in [2.75, 3.05) is 6.54 Å². The van der Waals surface area contributed by atoms with E-state index in [1.807, 2.05) is 18.2 Å². The highest BCUT2D eigenvalue weighted by Gasteiger charge is 2.21. The van der Waals surface area contributed by atoms with Gasteiger partial charge in [-0.15, -0.1) is 0 Å². The van der Waals surface area contributed by atoms with Gasteiger partial charge in [-0.25, -0.2) is 9.18 Å². The minimum atomic E-state index is -0.396. The number of ether oxygens (including phenoxy) is 1. The van der Waals surface area contributed by atoms with Crippen LogP contribution in [0, 0.1) is 5.82 Å². The normalized spacial score (nSPS) is 13.7. The van der Waals surface area contributed by atoms with E-state index in [2.05, 4.69) is 6.07 Å². The first-order valence-corrected chi connectivity index (χ1v) is 6.96. The summed E-state index contributed by atoms with van der Waals surface area (Å²) in [6, 6.07) is 14.4. The van der Waals surface area contributed by atoms with E-state index in [4.69, 9.17) is 4.74 Å². The molecule has 3 nitrogen and oxygen atoms in total. The van der Waals surface area contributed by atoms with Crippen LogP contribution in [0.3, 0.4) is 0 Å². The second-order valence-electron chi connectivity index (χ2n) is 5.09. The molecule has 1 aliphatic heterocycles. The molecule has 0 bridgehead atoms. The molecule has 1 heterocycles. The lowest BCUT2D eigenvalue weighted by Gasteiger charge is -2.28. The molecule has 0 unspecified atom stereocenters. The van der Waals surface area contributed by atoms with Crippen molar-refractivity contribution in [2.24, 2.45) is 0 Å². The van der Waals surface area contributed by atoms with E-state index in [-0.39, 0.29) is 12.4 Å². The van der Waals surface area contributed by atoms with Crippen molar-refractivity contribution < 1.29 is 13.9 Å². The predicted octanol–water partition coefficient (Wildman–Crippen LogP) is 3.52. The van der Waals surface area contributed by atoms with Crippen molar-refractivity contribution in [1.29, 1.82) is 0 Å². The third-order valence-electron chi connectivity index (χ3n) is 3.70. The third kappa shape index (κ3) is 3.05. The highest BCUT2D eigenvalue weighted by molar-refractivity contribution is 5.68. The summed E-state index contributed by atoms with van der Waals surface area (Å²) in [5, 5.41) is 0. The van der Waals surface area contributed by atoms with Gasteiger partial charge in [0, 0.05) is 18.7 Å². The summed E-state index contributed by atoms with van der Waals surface area (Å²) in [4.78, 5) is 13.7. The Morgan fingerprint density at radius 2 is 1.81 bits per heavy atom. The zero-order chi connectivity index (χ0) is 14.7. The van der Waals surface area contributed by atoms with Crippen molar-refractivity contribution in [1.82, 2.24) is 4.90 Å². The molecule has 0 N–H and O–H groups in total. The van der Waals surface area contributed by atoms with Gasteiger partial charge in [-0.3, -0.25) is 0 Å². The Morgan fingerprint density at radius 3 is 2.62 bits per heavy atom. The van der Waals surface area contributed by atoms with Crippen molar-refractivity contribution in [3.63, 3.8) is 0 Å². The average Bonchev–Trinajstić information content (AvgIpc) is 2.53. The SMILES string of the molecule is O=C(OCc1ccccc1F)N1CCc2ccccc2C1. The summed E-state index contributed by atoms with van der Waals surface area (Å²) in [5.74, 6) is -0.353. The molecule has 0 aliphatic carbocycles. The van der Waals surface area contributed by atoms with E-state index in [0.29, 0.717) is 18.7 Å². The monoisotopic (exact) mass is 285 g/mol. The summed E-state index contributed by atoms with van der Waals surface area (Å²) in [5.41, 5.74) is 2.81. The van der Waals surface area contributed by atoms with Crippen LogP contribution in [0.4, 0.5) is 9.18 Å². The molecule has 0 radical (unpaired) electrons. The lowest BCUT2D eigenvalue weighted by molar-refractivity contribution is 0.0910. The van der Waals surface area contributed by atoms with Gasteiger partial charge < -0.3 is 9.64 Å². The molecule has 2 aromatic carbocycles. The Kier molecular flexibility index (Phi) is 3.86. The van der Waals surface area contributed by atoms with Gasteiger partial charge in [-0.2, -0.15) is 0 Å². The summed E-state index contributed by atoms with van der Waals surface area (Å²) in [6.07, 6.45) is 0.429. The van der Waals surface area contributed by atoms with Crippen LogP contribution < -0.4 is 0 Å². The number of carbonyl (C=O) groups is 1. The van der Waals surface area contributed by atoms with Crippen molar-refractivity contribution in [3.05, 3.63) is 71.0 Å². The molecular weight excluding hydrogens is 269 g/mol. The Bertz CT molecular complexity index is 657. The van der Waals surface area contributed by atoms with Crippen LogP contribution in [0.25, 0.3) is 0 Å². The second-order valence-corrected chi connectivity index (χ2v) is 5.09. The van der Waals surface area contributed by atoms with E-state index < -0.39 is 6.09 Å². The molecule has 4 heteroatoms. The maximum Gasteiger partial charge on any atom is 0.410 e. The molecule has 0 fully saturated rings. The zero-order valence-corrected chi connectivity index (χ0v) is 11.6. The number of nitrogens with zero attached hydrogens (tertiary/aromatic N) is 1. The fourth-order valence-electron chi connectivity index (χ4n) is 2.50. The van der Waals surface area contributed by atoms with Gasteiger partial charge in [-0.05, 0) is 23.6 Å². The fraction of sp³-hybridized carbons (Fsp3) is 0.235. The maximum absolute atomic E-state index is 13.5. The minimum absolute atomic E-state index is 0.0380. The average molecular weight is 285 g/mol. The molecule has 1 aliphatic rings. The molecular formula is C17H16FNO2. The number of carbonyl (C=O) groups excluding carboxylic acids is 1. The minimum Gasteiger partial charge on any atom is -0.444 e. The lowest BCUT2D eigenvalue weighted by Crippen LogP contribution is -2.36. The van der Waals surface area contributed by atoms with E-state index >= 15 is 0 Å². The standard InChI is InChI=1S/C17H16FNO2/c18-16-8-4-3-7-15(16)12-21-17(20)19-10-9-13-5-1-2-6-14(13)11-19/h1-8H,9-12H2. The molecule has 21 heavy (non-hydrogen) atoms. The van der Waals surface area contributed by atoms with Crippen molar-refractivity contribution >= 4 is 6.09 Å². The van der Waals surface area contributed by atoms with Crippen LogP contribution in [0.2, 0.25) is 0 Å². The number of amides is 1. The molecule has 108 valence electrons. The van der Waals surface area contributed by atoms with E-state index in [0.717, 1.165) is 12.0 Å². The molecule has 0 aromatic heterocycles.